The number of nitrogens with two attached hydrogens (primary N) is 1. The zero-order chi connectivity index (χ0) is 13.4. The number of nitrogens with zero attached hydrogens (tertiary/aromatic N) is 2. The highest BCUT2D eigenvalue weighted by Crippen LogP contribution is 2.31. The third-order valence-electron chi connectivity index (χ3n) is 3.34. The molecule has 2 aromatic heterocycles. The first-order valence-corrected chi connectivity index (χ1v) is 6.30. The van der Waals surface area contributed by atoms with Crippen LogP contribution in [0.15, 0.2) is 30.5 Å². The SMILES string of the molecule is Cc1ccc2[nH]c(C)c(-c3cc(CN)cnn3)c2c1. The number of hydrogen-bond donors (Lipinski definition) is 2. The Bertz CT molecular complexity index is 743. The molecule has 0 radical (unpaired) electrons. The van der Waals surface area contributed by atoms with Gasteiger partial charge in [0.05, 0.1) is 11.9 Å². The summed E-state index contributed by atoms with van der Waals surface area (Å²) in [7, 11) is 0. The molecule has 2 heterocycles. The molecule has 19 heavy (non-hydrogen) atoms. The summed E-state index contributed by atoms with van der Waals surface area (Å²) in [6.07, 6.45) is 1.71. The number of rotatable bonds is 2. The molecule has 0 atom stereocenters. The number of aromatic nitrogens is 3. The van der Waals surface area contributed by atoms with Gasteiger partial charge in [0, 0.05) is 28.7 Å². The molecule has 3 rings (SSSR count). The minimum absolute atomic E-state index is 0.475. The van der Waals surface area contributed by atoms with E-state index in [-0.39, 0.29) is 0 Å². The number of hydrogen-bond acceptors (Lipinski definition) is 3. The average molecular weight is 252 g/mol. The van der Waals surface area contributed by atoms with Crippen LogP contribution in [0, 0.1) is 13.8 Å². The lowest BCUT2D eigenvalue weighted by atomic mass is 10.0. The van der Waals surface area contributed by atoms with Gasteiger partial charge in [-0.25, -0.2) is 0 Å². The third kappa shape index (κ3) is 2.00. The van der Waals surface area contributed by atoms with E-state index >= 15 is 0 Å². The van der Waals surface area contributed by atoms with Crippen LogP contribution in [-0.2, 0) is 6.54 Å². The molecule has 0 amide bonds. The van der Waals surface area contributed by atoms with Crippen LogP contribution in [-0.4, -0.2) is 15.2 Å². The van der Waals surface area contributed by atoms with Crippen molar-refractivity contribution in [1.82, 2.24) is 15.2 Å². The fourth-order valence-corrected chi connectivity index (χ4v) is 2.41. The van der Waals surface area contributed by atoms with E-state index in [1.165, 1.54) is 10.9 Å². The van der Waals surface area contributed by atoms with Gasteiger partial charge in [-0.1, -0.05) is 11.6 Å². The maximum Gasteiger partial charge on any atom is 0.0957 e. The minimum atomic E-state index is 0.475. The van der Waals surface area contributed by atoms with Crippen molar-refractivity contribution in [2.45, 2.75) is 20.4 Å². The van der Waals surface area contributed by atoms with Gasteiger partial charge in [-0.15, -0.1) is 0 Å². The Morgan fingerprint density at radius 2 is 2.05 bits per heavy atom. The topological polar surface area (TPSA) is 67.6 Å². The van der Waals surface area contributed by atoms with Crippen molar-refractivity contribution in [2.75, 3.05) is 0 Å². The quantitative estimate of drug-likeness (QED) is 0.736. The molecule has 0 aliphatic heterocycles. The Balaban J connectivity index is 2.28. The van der Waals surface area contributed by atoms with E-state index in [0.29, 0.717) is 6.54 Å². The van der Waals surface area contributed by atoms with E-state index in [1.54, 1.807) is 6.20 Å². The fraction of sp³-hybridized carbons (Fsp3) is 0.200. The number of nitrogens with one attached hydrogen (secondary N) is 1. The molecule has 0 fully saturated rings. The first kappa shape index (κ1) is 11.9. The lowest BCUT2D eigenvalue weighted by Crippen LogP contribution is -1.99. The predicted molar refractivity (Wildman–Crippen MR) is 76.7 cm³/mol. The maximum atomic E-state index is 5.67. The van der Waals surface area contributed by atoms with E-state index in [0.717, 1.165) is 28.0 Å². The van der Waals surface area contributed by atoms with Gasteiger partial charge in [0.15, 0.2) is 0 Å². The van der Waals surface area contributed by atoms with Crippen molar-refractivity contribution in [2.24, 2.45) is 5.73 Å². The molecule has 0 spiro atoms. The van der Waals surface area contributed by atoms with Gasteiger partial charge in [0.1, 0.15) is 0 Å². The van der Waals surface area contributed by atoms with Gasteiger partial charge in [0.25, 0.3) is 0 Å². The molecule has 1 aromatic carbocycles. The van der Waals surface area contributed by atoms with Crippen LogP contribution in [0.2, 0.25) is 0 Å². The Labute approximate surface area is 111 Å². The molecule has 3 aromatic rings. The van der Waals surface area contributed by atoms with Crippen molar-refractivity contribution < 1.29 is 0 Å². The van der Waals surface area contributed by atoms with Crippen molar-refractivity contribution in [3.05, 3.63) is 47.3 Å². The molecule has 0 saturated heterocycles. The van der Waals surface area contributed by atoms with Crippen molar-refractivity contribution >= 4 is 10.9 Å². The van der Waals surface area contributed by atoms with Crippen molar-refractivity contribution in [3.8, 4) is 11.3 Å². The van der Waals surface area contributed by atoms with Crippen molar-refractivity contribution in [1.29, 1.82) is 0 Å². The molecule has 3 N–H and O–H groups in total. The van der Waals surface area contributed by atoms with Gasteiger partial charge >= 0.3 is 0 Å². The Kier molecular flexibility index (Phi) is 2.80. The first-order valence-electron chi connectivity index (χ1n) is 6.30. The largest absolute Gasteiger partial charge is 0.358 e. The van der Waals surface area contributed by atoms with Crippen LogP contribution < -0.4 is 5.73 Å². The fourth-order valence-electron chi connectivity index (χ4n) is 2.41. The Morgan fingerprint density at radius 1 is 1.21 bits per heavy atom. The van der Waals surface area contributed by atoms with Crippen LogP contribution in [0.1, 0.15) is 16.8 Å². The molecule has 4 nitrogen and oxygen atoms in total. The second-order valence-electron chi connectivity index (χ2n) is 4.83. The Hall–Kier alpha value is -2.20. The maximum absolute atomic E-state index is 5.67. The van der Waals surface area contributed by atoms with Crippen molar-refractivity contribution in [3.63, 3.8) is 0 Å². The summed E-state index contributed by atoms with van der Waals surface area (Å²) >= 11 is 0. The first-order chi connectivity index (χ1) is 9.19. The third-order valence-corrected chi connectivity index (χ3v) is 3.34. The molecule has 0 bridgehead atoms. The smallest absolute Gasteiger partial charge is 0.0957 e. The lowest BCUT2D eigenvalue weighted by molar-refractivity contribution is 0.971. The molecule has 0 saturated carbocycles. The summed E-state index contributed by atoms with van der Waals surface area (Å²) in [6, 6.07) is 8.38. The van der Waals surface area contributed by atoms with E-state index in [1.807, 2.05) is 6.07 Å². The van der Waals surface area contributed by atoms with Crippen LogP contribution >= 0.6 is 0 Å². The highest BCUT2D eigenvalue weighted by atomic mass is 15.1. The van der Waals surface area contributed by atoms with Gasteiger partial charge in [-0.3, -0.25) is 0 Å². The summed E-state index contributed by atoms with van der Waals surface area (Å²) in [4.78, 5) is 3.39. The number of aryl methyl sites for hydroxylation is 2. The zero-order valence-electron chi connectivity index (χ0n) is 11.1. The molecular weight excluding hydrogens is 236 g/mol. The normalized spacial score (nSPS) is 11.1. The summed E-state index contributed by atoms with van der Waals surface area (Å²) in [5.41, 5.74) is 12.1. The number of aromatic amines is 1. The summed E-state index contributed by atoms with van der Waals surface area (Å²) in [5.74, 6) is 0. The molecular formula is C15H16N4. The molecule has 96 valence electrons. The molecule has 0 unspecified atom stereocenters. The van der Waals surface area contributed by atoms with Crippen LogP contribution in [0.5, 0.6) is 0 Å². The molecule has 4 heteroatoms. The highest BCUT2D eigenvalue weighted by Gasteiger charge is 2.12. The monoisotopic (exact) mass is 252 g/mol. The number of benzene rings is 1. The lowest BCUT2D eigenvalue weighted by Gasteiger charge is -2.03. The van der Waals surface area contributed by atoms with E-state index in [4.69, 9.17) is 5.73 Å². The summed E-state index contributed by atoms with van der Waals surface area (Å²) in [5, 5.41) is 9.46. The minimum Gasteiger partial charge on any atom is -0.358 e. The van der Waals surface area contributed by atoms with Gasteiger partial charge in [-0.2, -0.15) is 10.2 Å². The van der Waals surface area contributed by atoms with Gasteiger partial charge < -0.3 is 10.7 Å². The molecule has 0 aliphatic carbocycles. The highest BCUT2D eigenvalue weighted by molar-refractivity contribution is 5.96. The van der Waals surface area contributed by atoms with Crippen LogP contribution in [0.25, 0.3) is 22.2 Å². The second kappa shape index (κ2) is 4.48. The van der Waals surface area contributed by atoms with Crippen LogP contribution in [0.3, 0.4) is 0 Å². The summed E-state index contributed by atoms with van der Waals surface area (Å²) < 4.78 is 0. The standard InChI is InChI=1S/C15H16N4/c1-9-3-4-13-12(5-9)15(10(2)18-13)14-6-11(7-16)8-17-19-14/h3-6,8,18H,7,16H2,1-2H3. The second-order valence-corrected chi connectivity index (χ2v) is 4.83. The van der Waals surface area contributed by atoms with E-state index < -0.39 is 0 Å². The van der Waals surface area contributed by atoms with E-state index in [9.17, 15) is 0 Å². The average Bonchev–Trinajstić information content (AvgIpc) is 2.74. The zero-order valence-corrected chi connectivity index (χ0v) is 11.1. The van der Waals surface area contributed by atoms with Gasteiger partial charge in [0.2, 0.25) is 0 Å². The number of fused-ring (bicyclic) bond motifs is 1. The predicted octanol–water partition coefficient (Wildman–Crippen LogP) is 2.70. The molecule has 0 aliphatic rings. The summed E-state index contributed by atoms with van der Waals surface area (Å²) in [6.45, 7) is 4.62. The number of H-pyrrole nitrogens is 1. The van der Waals surface area contributed by atoms with E-state index in [2.05, 4.69) is 47.2 Å². The Morgan fingerprint density at radius 3 is 2.84 bits per heavy atom. The van der Waals surface area contributed by atoms with Crippen LogP contribution in [0.4, 0.5) is 0 Å². The van der Waals surface area contributed by atoms with Gasteiger partial charge in [-0.05, 0) is 37.6 Å².